The van der Waals surface area contributed by atoms with E-state index in [0.717, 1.165) is 37.2 Å². The second kappa shape index (κ2) is 11.4. The summed E-state index contributed by atoms with van der Waals surface area (Å²) in [5.41, 5.74) is 1.04. The van der Waals surface area contributed by atoms with Crippen molar-refractivity contribution in [2.75, 3.05) is 26.7 Å². The van der Waals surface area contributed by atoms with E-state index in [4.69, 9.17) is 4.74 Å². The number of hydrogen-bond donors (Lipinski definition) is 1. The van der Waals surface area contributed by atoms with E-state index in [-0.39, 0.29) is 41.5 Å². The van der Waals surface area contributed by atoms with Crippen LogP contribution in [0.3, 0.4) is 0 Å². The lowest BCUT2D eigenvalue weighted by Gasteiger charge is -2.36. The number of para-hydroxylation sites is 1. The molecule has 4 rings (SSSR count). The lowest BCUT2D eigenvalue weighted by Crippen LogP contribution is -2.52. The van der Waals surface area contributed by atoms with Crippen LogP contribution in [0.1, 0.15) is 64.0 Å². The number of ether oxygens (including phenoxy) is 1. The molecular weight excluding hydrogens is 442 g/mol. The summed E-state index contributed by atoms with van der Waals surface area (Å²) >= 11 is 0. The number of nitrogens with zero attached hydrogens (tertiary/aromatic N) is 2. The fourth-order valence-electron chi connectivity index (χ4n) is 5.83. The molecule has 2 saturated heterocycles. The maximum Gasteiger partial charge on any atom is 0.243 e. The van der Waals surface area contributed by atoms with Crippen LogP contribution in [0.5, 0.6) is 5.75 Å². The number of methoxy groups -OCH3 is 1. The molecule has 7 heteroatoms. The second-order valence-corrected chi connectivity index (χ2v) is 10.4. The lowest BCUT2D eigenvalue weighted by atomic mass is 9.85. The van der Waals surface area contributed by atoms with E-state index in [1.54, 1.807) is 7.11 Å². The fraction of sp³-hybridized carbons (Fsp3) is 0.607. The molecule has 7 nitrogen and oxygen atoms in total. The third kappa shape index (κ3) is 5.45. The predicted molar refractivity (Wildman–Crippen MR) is 135 cm³/mol. The first-order valence-electron chi connectivity index (χ1n) is 13.1. The van der Waals surface area contributed by atoms with Crippen molar-refractivity contribution >= 4 is 17.7 Å². The summed E-state index contributed by atoms with van der Waals surface area (Å²) < 4.78 is 5.64. The maximum atomic E-state index is 13.6. The van der Waals surface area contributed by atoms with Gasteiger partial charge in [0.25, 0.3) is 0 Å². The molecular formula is C28H39N3O4. The maximum absolute atomic E-state index is 13.6. The molecule has 0 radical (unpaired) electrons. The first-order chi connectivity index (χ1) is 16.9. The number of carbonyl (C=O) groups is 3. The van der Waals surface area contributed by atoms with E-state index >= 15 is 0 Å². The van der Waals surface area contributed by atoms with Crippen LogP contribution in [-0.2, 0) is 14.4 Å². The van der Waals surface area contributed by atoms with E-state index in [1.165, 1.54) is 11.3 Å². The summed E-state index contributed by atoms with van der Waals surface area (Å²) in [6.07, 6.45) is 9.03. The van der Waals surface area contributed by atoms with E-state index in [9.17, 15) is 14.4 Å². The van der Waals surface area contributed by atoms with Gasteiger partial charge in [-0.25, -0.2) is 0 Å². The molecule has 1 N–H and O–H groups in total. The van der Waals surface area contributed by atoms with Gasteiger partial charge in [-0.1, -0.05) is 50.6 Å². The van der Waals surface area contributed by atoms with Gasteiger partial charge in [-0.3, -0.25) is 24.2 Å². The highest BCUT2D eigenvalue weighted by atomic mass is 16.5. The van der Waals surface area contributed by atoms with Crippen LogP contribution in [-0.4, -0.2) is 60.3 Å². The highest BCUT2D eigenvalue weighted by Crippen LogP contribution is 2.37. The fourth-order valence-corrected chi connectivity index (χ4v) is 5.83. The monoisotopic (exact) mass is 481 g/mol. The average Bonchev–Trinajstić information content (AvgIpc) is 3.13. The van der Waals surface area contributed by atoms with Crippen LogP contribution in [0.4, 0.5) is 0 Å². The number of benzene rings is 1. The summed E-state index contributed by atoms with van der Waals surface area (Å²) in [5, 5.41) is 3.14. The summed E-state index contributed by atoms with van der Waals surface area (Å²) in [7, 11) is 1.67. The molecule has 1 aliphatic carbocycles. The third-order valence-electron chi connectivity index (χ3n) is 7.65. The van der Waals surface area contributed by atoms with Gasteiger partial charge in [0, 0.05) is 12.1 Å². The number of amides is 3. The Morgan fingerprint density at radius 3 is 2.26 bits per heavy atom. The molecule has 2 fully saturated rings. The summed E-state index contributed by atoms with van der Waals surface area (Å²) in [6.45, 7) is 6.37. The summed E-state index contributed by atoms with van der Waals surface area (Å²) in [4.78, 5) is 43.8. The highest BCUT2D eigenvalue weighted by molar-refractivity contribution is 6.08. The smallest absolute Gasteiger partial charge is 0.243 e. The SMILES string of the molecule is COc1ccccc1C(CNC(=O)C(CC(C)C)N1C(=O)C2CC=CCC2C1=O)N1CCCCC1. The van der Waals surface area contributed by atoms with Gasteiger partial charge in [-0.15, -0.1) is 0 Å². The minimum atomic E-state index is -0.778. The molecule has 1 aromatic carbocycles. The standard InChI is InChI=1S/C28H39N3O4/c1-19(2)17-23(31-27(33)20-11-5-6-12-21(20)28(31)34)26(32)29-18-24(30-15-9-4-10-16-30)22-13-7-8-14-25(22)35-3/h5-8,13-14,19-21,23-24H,4,9-12,15-18H2,1-3H3,(H,29,32). The summed E-state index contributed by atoms with van der Waals surface area (Å²) in [6, 6.07) is 7.14. The molecule has 0 bridgehead atoms. The van der Waals surface area contributed by atoms with Crippen molar-refractivity contribution in [1.29, 1.82) is 0 Å². The van der Waals surface area contributed by atoms with Crippen LogP contribution >= 0.6 is 0 Å². The largest absolute Gasteiger partial charge is 0.496 e. The van der Waals surface area contributed by atoms with E-state index < -0.39 is 6.04 Å². The van der Waals surface area contributed by atoms with Crippen LogP contribution in [0.2, 0.25) is 0 Å². The van der Waals surface area contributed by atoms with E-state index in [2.05, 4.69) is 16.3 Å². The molecule has 2 heterocycles. The molecule has 4 atom stereocenters. The Morgan fingerprint density at radius 2 is 1.66 bits per heavy atom. The second-order valence-electron chi connectivity index (χ2n) is 10.4. The highest BCUT2D eigenvalue weighted by Gasteiger charge is 2.51. The molecule has 1 aromatic rings. The van der Waals surface area contributed by atoms with Gasteiger partial charge in [0.15, 0.2) is 0 Å². The van der Waals surface area contributed by atoms with Crippen molar-refractivity contribution in [3.8, 4) is 5.75 Å². The molecule has 0 aromatic heterocycles. The van der Waals surface area contributed by atoms with Crippen LogP contribution < -0.4 is 10.1 Å². The van der Waals surface area contributed by atoms with Crippen molar-refractivity contribution in [1.82, 2.24) is 15.1 Å². The molecule has 0 saturated carbocycles. The number of allylic oxidation sites excluding steroid dienone is 2. The molecule has 3 aliphatic rings. The van der Waals surface area contributed by atoms with Crippen molar-refractivity contribution in [3.63, 3.8) is 0 Å². The Kier molecular flexibility index (Phi) is 8.26. The first kappa shape index (κ1) is 25.4. The minimum Gasteiger partial charge on any atom is -0.496 e. The number of fused-ring (bicyclic) bond motifs is 1. The Hall–Kier alpha value is -2.67. The number of likely N-dealkylation sites (tertiary alicyclic amines) is 2. The number of rotatable bonds is 9. The van der Waals surface area contributed by atoms with Crippen LogP contribution in [0.15, 0.2) is 36.4 Å². The minimum absolute atomic E-state index is 0.0353. The number of imide groups is 1. The Bertz CT molecular complexity index is 927. The van der Waals surface area contributed by atoms with Crippen molar-refractivity contribution in [2.24, 2.45) is 17.8 Å². The van der Waals surface area contributed by atoms with Gasteiger partial charge in [-0.2, -0.15) is 0 Å². The lowest BCUT2D eigenvalue weighted by molar-refractivity contribution is -0.148. The third-order valence-corrected chi connectivity index (χ3v) is 7.65. The Balaban J connectivity index is 1.54. The quantitative estimate of drug-likeness (QED) is 0.430. The van der Waals surface area contributed by atoms with Gasteiger partial charge in [0.05, 0.1) is 25.0 Å². The van der Waals surface area contributed by atoms with Crippen LogP contribution in [0, 0.1) is 17.8 Å². The van der Waals surface area contributed by atoms with Crippen LogP contribution in [0.25, 0.3) is 0 Å². The van der Waals surface area contributed by atoms with Gasteiger partial charge in [0.1, 0.15) is 11.8 Å². The van der Waals surface area contributed by atoms with E-state index in [1.807, 2.05) is 44.2 Å². The van der Waals surface area contributed by atoms with Crippen molar-refractivity contribution < 1.29 is 19.1 Å². The molecule has 35 heavy (non-hydrogen) atoms. The number of piperidine rings is 1. The number of hydrogen-bond acceptors (Lipinski definition) is 5. The number of nitrogens with one attached hydrogen (secondary N) is 1. The van der Waals surface area contributed by atoms with Gasteiger partial charge >= 0.3 is 0 Å². The van der Waals surface area contributed by atoms with Gasteiger partial charge in [0.2, 0.25) is 17.7 Å². The molecule has 190 valence electrons. The number of carbonyl (C=O) groups excluding carboxylic acids is 3. The van der Waals surface area contributed by atoms with Gasteiger partial charge in [-0.05, 0) is 57.2 Å². The molecule has 2 aliphatic heterocycles. The average molecular weight is 482 g/mol. The van der Waals surface area contributed by atoms with Gasteiger partial charge < -0.3 is 10.1 Å². The zero-order valence-corrected chi connectivity index (χ0v) is 21.2. The zero-order chi connectivity index (χ0) is 24.9. The summed E-state index contributed by atoms with van der Waals surface area (Å²) in [5.74, 6) is -0.320. The molecule has 0 spiro atoms. The van der Waals surface area contributed by atoms with Crippen molar-refractivity contribution in [3.05, 3.63) is 42.0 Å². The Morgan fingerprint density at radius 1 is 1.03 bits per heavy atom. The molecule has 4 unspecified atom stereocenters. The molecule has 3 amide bonds. The van der Waals surface area contributed by atoms with E-state index in [0.29, 0.717) is 25.8 Å². The Labute approximate surface area is 208 Å². The zero-order valence-electron chi connectivity index (χ0n) is 21.2. The van der Waals surface area contributed by atoms with Crippen molar-refractivity contribution in [2.45, 2.75) is 64.5 Å². The topological polar surface area (TPSA) is 79.0 Å². The predicted octanol–water partition coefficient (Wildman–Crippen LogP) is 3.70. The first-order valence-corrected chi connectivity index (χ1v) is 13.1. The normalized spacial score (nSPS) is 24.4.